The van der Waals surface area contributed by atoms with Crippen molar-refractivity contribution in [3.05, 3.63) is 35.4 Å². The van der Waals surface area contributed by atoms with Crippen LogP contribution in [0.4, 0.5) is 0 Å². The fourth-order valence-corrected chi connectivity index (χ4v) is 2.13. The highest BCUT2D eigenvalue weighted by atomic mass is 32.2. The smallest absolute Gasteiger partial charge is 0.0246 e. The average molecular weight is 239 g/mol. The number of benzene rings is 1. The van der Waals surface area contributed by atoms with Crippen LogP contribution in [-0.2, 0) is 17.3 Å². The summed E-state index contributed by atoms with van der Waals surface area (Å²) in [4.78, 5) is 0. The van der Waals surface area contributed by atoms with Gasteiger partial charge in [0, 0.05) is 35.4 Å². The van der Waals surface area contributed by atoms with Gasteiger partial charge in [-0.15, -0.1) is 0 Å². The maximum atomic E-state index is 10.9. The van der Waals surface area contributed by atoms with Crippen LogP contribution < -0.4 is 5.32 Å². The number of aryl methyl sites for hydroxylation is 1. The Bertz CT molecular complexity index is 334. The second-order valence-corrected chi connectivity index (χ2v) is 5.89. The third-order valence-electron chi connectivity index (χ3n) is 2.61. The van der Waals surface area contributed by atoms with E-state index in [-0.39, 0.29) is 0 Å². The number of rotatable bonds is 6. The molecule has 1 aromatic rings. The zero-order chi connectivity index (χ0) is 12.0. The van der Waals surface area contributed by atoms with Crippen LogP contribution in [0.1, 0.15) is 24.5 Å². The van der Waals surface area contributed by atoms with E-state index in [1.807, 2.05) is 0 Å². The van der Waals surface area contributed by atoms with Crippen molar-refractivity contribution in [2.24, 2.45) is 0 Å². The second kappa shape index (κ2) is 6.81. The molecule has 0 amide bonds. The Morgan fingerprint density at radius 1 is 1.31 bits per heavy atom. The van der Waals surface area contributed by atoms with Crippen molar-refractivity contribution in [3.63, 3.8) is 0 Å². The van der Waals surface area contributed by atoms with E-state index < -0.39 is 10.8 Å². The summed E-state index contributed by atoms with van der Waals surface area (Å²) in [5, 5.41) is 3.44. The number of nitrogens with one attached hydrogen (secondary N) is 1. The Hall–Kier alpha value is -0.670. The fraction of sp³-hybridized carbons (Fsp3) is 0.538. The van der Waals surface area contributed by atoms with Gasteiger partial charge in [0.2, 0.25) is 0 Å². The van der Waals surface area contributed by atoms with Crippen molar-refractivity contribution in [1.29, 1.82) is 0 Å². The zero-order valence-electron chi connectivity index (χ0n) is 10.3. The van der Waals surface area contributed by atoms with Gasteiger partial charge in [-0.1, -0.05) is 29.8 Å². The van der Waals surface area contributed by atoms with Crippen LogP contribution in [0.5, 0.6) is 0 Å². The lowest BCUT2D eigenvalue weighted by atomic mass is 10.1. The molecular weight excluding hydrogens is 218 g/mol. The number of hydrogen-bond acceptors (Lipinski definition) is 2. The first kappa shape index (κ1) is 13.4. The van der Waals surface area contributed by atoms with Gasteiger partial charge < -0.3 is 5.32 Å². The molecule has 0 aliphatic heterocycles. The molecule has 90 valence electrons. The van der Waals surface area contributed by atoms with E-state index in [4.69, 9.17) is 0 Å². The van der Waals surface area contributed by atoms with E-state index in [1.165, 1.54) is 11.1 Å². The van der Waals surface area contributed by atoms with E-state index >= 15 is 0 Å². The van der Waals surface area contributed by atoms with Crippen molar-refractivity contribution in [3.8, 4) is 0 Å². The summed E-state index contributed by atoms with van der Waals surface area (Å²) in [7, 11) is -0.677. The van der Waals surface area contributed by atoms with Crippen LogP contribution >= 0.6 is 0 Å². The van der Waals surface area contributed by atoms with Crippen molar-refractivity contribution >= 4 is 10.8 Å². The minimum atomic E-state index is -0.677. The average Bonchev–Trinajstić information content (AvgIpc) is 2.25. The van der Waals surface area contributed by atoms with Gasteiger partial charge in [0.1, 0.15) is 0 Å². The fourth-order valence-electron chi connectivity index (χ4n) is 1.44. The van der Waals surface area contributed by atoms with Crippen LogP contribution in [0.3, 0.4) is 0 Å². The maximum Gasteiger partial charge on any atom is 0.0246 e. The van der Waals surface area contributed by atoms with Crippen LogP contribution in [0.25, 0.3) is 0 Å². The molecule has 0 bridgehead atoms. The quantitative estimate of drug-likeness (QED) is 0.825. The van der Waals surface area contributed by atoms with Crippen LogP contribution in [0.15, 0.2) is 24.3 Å². The Kier molecular flexibility index (Phi) is 5.71. The standard InChI is InChI=1S/C13H21NOS/c1-11-4-6-13(7-5-11)10-14-12(2)8-9-16(3)15/h4-7,12,14H,8-10H2,1-3H3. The highest BCUT2D eigenvalue weighted by Gasteiger charge is 2.02. The first-order valence-electron chi connectivity index (χ1n) is 5.67. The lowest BCUT2D eigenvalue weighted by Gasteiger charge is -2.13. The predicted molar refractivity (Wildman–Crippen MR) is 71.0 cm³/mol. The Balaban J connectivity index is 2.28. The third-order valence-corrected chi connectivity index (χ3v) is 3.42. The molecule has 0 spiro atoms. The summed E-state index contributed by atoms with van der Waals surface area (Å²) in [6.07, 6.45) is 2.72. The monoisotopic (exact) mass is 239 g/mol. The minimum absolute atomic E-state index is 0.421. The molecule has 0 fully saturated rings. The molecule has 0 saturated heterocycles. The Labute approximate surface area is 101 Å². The SMILES string of the molecule is Cc1ccc(CNC(C)CCS(C)=O)cc1. The van der Waals surface area contributed by atoms with Gasteiger partial charge in [0.15, 0.2) is 0 Å². The highest BCUT2D eigenvalue weighted by molar-refractivity contribution is 7.84. The molecule has 1 aromatic carbocycles. The molecule has 2 nitrogen and oxygen atoms in total. The van der Waals surface area contributed by atoms with Gasteiger partial charge in [-0.05, 0) is 25.8 Å². The summed E-state index contributed by atoms with van der Waals surface area (Å²) in [6.45, 7) is 5.12. The summed E-state index contributed by atoms with van der Waals surface area (Å²) < 4.78 is 10.9. The Morgan fingerprint density at radius 3 is 2.50 bits per heavy atom. The molecule has 0 heterocycles. The molecule has 3 heteroatoms. The third kappa shape index (κ3) is 5.42. The van der Waals surface area contributed by atoms with E-state index in [0.717, 1.165) is 18.7 Å². The van der Waals surface area contributed by atoms with E-state index in [1.54, 1.807) is 6.26 Å². The predicted octanol–water partition coefficient (Wildman–Crippen LogP) is 2.24. The molecular formula is C13H21NOS. The normalized spacial score (nSPS) is 14.7. The number of hydrogen-bond donors (Lipinski definition) is 1. The molecule has 0 aromatic heterocycles. The molecule has 2 unspecified atom stereocenters. The first-order valence-corrected chi connectivity index (χ1v) is 7.39. The van der Waals surface area contributed by atoms with Crippen LogP contribution in [0, 0.1) is 6.92 Å². The van der Waals surface area contributed by atoms with Gasteiger partial charge in [-0.3, -0.25) is 4.21 Å². The Morgan fingerprint density at radius 2 is 1.94 bits per heavy atom. The van der Waals surface area contributed by atoms with Crippen molar-refractivity contribution in [2.45, 2.75) is 32.9 Å². The molecule has 1 N–H and O–H groups in total. The minimum Gasteiger partial charge on any atom is -0.310 e. The molecule has 16 heavy (non-hydrogen) atoms. The molecule has 0 saturated carbocycles. The van der Waals surface area contributed by atoms with Crippen molar-refractivity contribution in [1.82, 2.24) is 5.32 Å². The van der Waals surface area contributed by atoms with Crippen molar-refractivity contribution < 1.29 is 4.21 Å². The molecule has 0 aliphatic rings. The van der Waals surface area contributed by atoms with Crippen LogP contribution in [0.2, 0.25) is 0 Å². The van der Waals surface area contributed by atoms with Gasteiger partial charge in [-0.2, -0.15) is 0 Å². The summed E-state index contributed by atoms with van der Waals surface area (Å²) >= 11 is 0. The van der Waals surface area contributed by atoms with Crippen LogP contribution in [-0.4, -0.2) is 22.3 Å². The van der Waals surface area contributed by atoms with E-state index in [0.29, 0.717) is 6.04 Å². The molecule has 0 radical (unpaired) electrons. The second-order valence-electron chi connectivity index (χ2n) is 4.33. The first-order chi connectivity index (χ1) is 7.58. The summed E-state index contributed by atoms with van der Waals surface area (Å²) in [6, 6.07) is 8.97. The van der Waals surface area contributed by atoms with E-state index in [9.17, 15) is 4.21 Å². The van der Waals surface area contributed by atoms with Gasteiger partial charge in [0.25, 0.3) is 0 Å². The zero-order valence-corrected chi connectivity index (χ0v) is 11.1. The van der Waals surface area contributed by atoms with Crippen molar-refractivity contribution in [2.75, 3.05) is 12.0 Å². The summed E-state index contributed by atoms with van der Waals surface area (Å²) in [5.41, 5.74) is 2.59. The molecule has 1 rings (SSSR count). The highest BCUT2D eigenvalue weighted by Crippen LogP contribution is 2.03. The topological polar surface area (TPSA) is 29.1 Å². The lowest BCUT2D eigenvalue weighted by Crippen LogP contribution is -2.26. The van der Waals surface area contributed by atoms with E-state index in [2.05, 4.69) is 43.4 Å². The molecule has 0 aliphatic carbocycles. The van der Waals surface area contributed by atoms with Gasteiger partial charge in [-0.25, -0.2) is 0 Å². The largest absolute Gasteiger partial charge is 0.310 e. The lowest BCUT2D eigenvalue weighted by molar-refractivity contribution is 0.535. The molecule has 2 atom stereocenters. The maximum absolute atomic E-state index is 10.9. The summed E-state index contributed by atoms with van der Waals surface area (Å²) in [5.74, 6) is 0.780. The van der Waals surface area contributed by atoms with Gasteiger partial charge in [0.05, 0.1) is 0 Å². The van der Waals surface area contributed by atoms with Gasteiger partial charge >= 0.3 is 0 Å².